The van der Waals surface area contributed by atoms with Crippen molar-refractivity contribution in [2.45, 2.75) is 13.8 Å². The van der Waals surface area contributed by atoms with Gasteiger partial charge in [0.25, 0.3) is 5.91 Å². The molecule has 0 aliphatic heterocycles. The van der Waals surface area contributed by atoms with Crippen LogP contribution in [-0.4, -0.2) is 45.9 Å². The third kappa shape index (κ3) is 7.45. The van der Waals surface area contributed by atoms with Crippen molar-refractivity contribution < 1.29 is 28.5 Å². The van der Waals surface area contributed by atoms with E-state index in [0.717, 1.165) is 11.1 Å². The highest BCUT2D eigenvalue weighted by molar-refractivity contribution is 6.01. The van der Waals surface area contributed by atoms with Crippen molar-refractivity contribution in [1.29, 1.82) is 5.26 Å². The number of benzene rings is 2. The number of esters is 1. The summed E-state index contributed by atoms with van der Waals surface area (Å²) >= 11 is 0. The SMILES string of the molecule is COCCNC(=O)/C(C#N)=C/c1ccc(OC(=O)COc2cc(C)cc(C)c2)c(OC)c1. The summed E-state index contributed by atoms with van der Waals surface area (Å²) in [6.45, 7) is 4.25. The first-order valence-electron chi connectivity index (χ1n) is 9.85. The van der Waals surface area contributed by atoms with Crippen LogP contribution in [0.5, 0.6) is 17.2 Å². The maximum atomic E-state index is 12.2. The number of hydrogen-bond acceptors (Lipinski definition) is 7. The first kappa shape index (κ1) is 24.4. The van der Waals surface area contributed by atoms with Crippen molar-refractivity contribution in [3.05, 3.63) is 58.7 Å². The van der Waals surface area contributed by atoms with Crippen LogP contribution in [0, 0.1) is 25.2 Å². The molecule has 0 heterocycles. The smallest absolute Gasteiger partial charge is 0.349 e. The van der Waals surface area contributed by atoms with Gasteiger partial charge in [-0.05, 0) is 60.9 Å². The number of nitriles is 1. The predicted octanol–water partition coefficient (Wildman–Crippen LogP) is 2.97. The number of amides is 1. The zero-order valence-electron chi connectivity index (χ0n) is 18.6. The molecule has 0 bridgehead atoms. The molecule has 32 heavy (non-hydrogen) atoms. The second-order valence-electron chi connectivity index (χ2n) is 6.91. The highest BCUT2D eigenvalue weighted by Crippen LogP contribution is 2.29. The van der Waals surface area contributed by atoms with Gasteiger partial charge in [-0.1, -0.05) is 12.1 Å². The Balaban J connectivity index is 2.06. The predicted molar refractivity (Wildman–Crippen MR) is 119 cm³/mol. The quantitative estimate of drug-likeness (QED) is 0.200. The molecular formula is C24H26N2O6. The maximum Gasteiger partial charge on any atom is 0.349 e. The summed E-state index contributed by atoms with van der Waals surface area (Å²) in [5.74, 6) is -0.0550. The number of rotatable bonds is 10. The van der Waals surface area contributed by atoms with Crippen LogP contribution in [0.4, 0.5) is 0 Å². The third-order valence-corrected chi connectivity index (χ3v) is 4.23. The fourth-order valence-electron chi connectivity index (χ4n) is 2.85. The molecule has 168 valence electrons. The molecule has 8 heteroatoms. The minimum Gasteiger partial charge on any atom is -0.493 e. The molecule has 0 aliphatic carbocycles. The molecule has 0 aliphatic rings. The normalized spacial score (nSPS) is 10.8. The lowest BCUT2D eigenvalue weighted by Crippen LogP contribution is -2.27. The molecule has 8 nitrogen and oxygen atoms in total. The van der Waals surface area contributed by atoms with Gasteiger partial charge in [-0.25, -0.2) is 4.79 Å². The maximum absolute atomic E-state index is 12.2. The highest BCUT2D eigenvalue weighted by Gasteiger charge is 2.13. The van der Waals surface area contributed by atoms with Crippen LogP contribution < -0.4 is 19.5 Å². The molecule has 0 atom stereocenters. The van der Waals surface area contributed by atoms with Crippen molar-refractivity contribution in [2.24, 2.45) is 0 Å². The molecule has 1 amide bonds. The molecule has 0 aromatic heterocycles. The van der Waals surface area contributed by atoms with E-state index in [4.69, 9.17) is 18.9 Å². The minimum absolute atomic E-state index is 0.0743. The van der Waals surface area contributed by atoms with Crippen LogP contribution in [0.2, 0.25) is 0 Å². The van der Waals surface area contributed by atoms with Crippen LogP contribution >= 0.6 is 0 Å². The fraction of sp³-hybridized carbons (Fsp3) is 0.292. The number of nitrogens with zero attached hydrogens (tertiary/aromatic N) is 1. The lowest BCUT2D eigenvalue weighted by Gasteiger charge is -2.11. The van der Waals surface area contributed by atoms with E-state index in [-0.39, 0.29) is 30.2 Å². The van der Waals surface area contributed by atoms with Gasteiger partial charge >= 0.3 is 5.97 Å². The number of aryl methyl sites for hydroxylation is 2. The molecule has 0 spiro atoms. The third-order valence-electron chi connectivity index (χ3n) is 4.23. The van der Waals surface area contributed by atoms with Crippen LogP contribution in [-0.2, 0) is 14.3 Å². The van der Waals surface area contributed by atoms with E-state index in [0.29, 0.717) is 17.9 Å². The molecule has 2 aromatic carbocycles. The van der Waals surface area contributed by atoms with E-state index in [2.05, 4.69) is 5.32 Å². The number of ether oxygens (including phenoxy) is 4. The largest absolute Gasteiger partial charge is 0.493 e. The van der Waals surface area contributed by atoms with Gasteiger partial charge in [0.15, 0.2) is 18.1 Å². The minimum atomic E-state index is -0.596. The fourth-order valence-corrected chi connectivity index (χ4v) is 2.85. The standard InChI is InChI=1S/C24H26N2O6/c1-16-9-17(2)11-20(10-16)31-15-23(27)32-21-6-5-18(13-22(21)30-4)12-19(14-25)24(28)26-7-8-29-3/h5-6,9-13H,7-8,15H2,1-4H3,(H,26,28)/b19-12+. The number of carbonyl (C=O) groups is 2. The van der Waals surface area contributed by atoms with Gasteiger partial charge in [-0.2, -0.15) is 5.26 Å². The van der Waals surface area contributed by atoms with Gasteiger partial charge in [-0.3, -0.25) is 4.79 Å². The molecule has 0 saturated carbocycles. The summed E-state index contributed by atoms with van der Waals surface area (Å²) in [6.07, 6.45) is 1.42. The Kier molecular flexibility index (Phi) is 9.26. The summed E-state index contributed by atoms with van der Waals surface area (Å²) in [6, 6.07) is 12.2. The average molecular weight is 438 g/mol. The Morgan fingerprint density at radius 2 is 1.78 bits per heavy atom. The Hall–Kier alpha value is -3.83. The number of carbonyl (C=O) groups excluding carboxylic acids is 2. The average Bonchev–Trinajstić information content (AvgIpc) is 2.76. The molecular weight excluding hydrogens is 412 g/mol. The lowest BCUT2D eigenvalue weighted by atomic mass is 10.1. The van der Waals surface area contributed by atoms with Crippen LogP contribution in [0.15, 0.2) is 42.0 Å². The molecule has 2 aromatic rings. The van der Waals surface area contributed by atoms with Gasteiger partial charge in [0.05, 0.1) is 13.7 Å². The molecule has 0 fully saturated rings. The Morgan fingerprint density at radius 3 is 2.41 bits per heavy atom. The van der Waals surface area contributed by atoms with Gasteiger partial charge in [-0.15, -0.1) is 0 Å². The van der Waals surface area contributed by atoms with Crippen LogP contribution in [0.3, 0.4) is 0 Å². The van der Waals surface area contributed by atoms with E-state index < -0.39 is 11.9 Å². The summed E-state index contributed by atoms with van der Waals surface area (Å²) < 4.78 is 21.0. The van der Waals surface area contributed by atoms with Gasteiger partial charge in [0, 0.05) is 13.7 Å². The van der Waals surface area contributed by atoms with Crippen molar-refractivity contribution in [3.8, 4) is 23.3 Å². The van der Waals surface area contributed by atoms with Crippen molar-refractivity contribution in [3.63, 3.8) is 0 Å². The molecule has 0 radical (unpaired) electrons. The number of methoxy groups -OCH3 is 2. The molecule has 0 saturated heterocycles. The monoisotopic (exact) mass is 438 g/mol. The molecule has 1 N–H and O–H groups in total. The Labute approximate surface area is 187 Å². The lowest BCUT2D eigenvalue weighted by molar-refractivity contribution is -0.136. The number of nitrogens with one attached hydrogen (secondary N) is 1. The Bertz CT molecular complexity index is 1020. The van der Waals surface area contributed by atoms with E-state index in [1.165, 1.54) is 26.4 Å². The van der Waals surface area contributed by atoms with Crippen molar-refractivity contribution in [1.82, 2.24) is 5.32 Å². The van der Waals surface area contributed by atoms with Crippen molar-refractivity contribution in [2.75, 3.05) is 34.0 Å². The highest BCUT2D eigenvalue weighted by atomic mass is 16.6. The zero-order chi connectivity index (χ0) is 23.5. The van der Waals surface area contributed by atoms with Gasteiger partial charge in [0.1, 0.15) is 17.4 Å². The first-order valence-corrected chi connectivity index (χ1v) is 9.85. The summed E-state index contributed by atoms with van der Waals surface area (Å²) in [5.41, 5.74) is 2.52. The summed E-state index contributed by atoms with van der Waals surface area (Å²) in [5, 5.41) is 11.9. The van der Waals surface area contributed by atoms with E-state index in [1.807, 2.05) is 38.1 Å². The van der Waals surface area contributed by atoms with Gasteiger partial charge in [0.2, 0.25) is 0 Å². The molecule has 0 unspecified atom stereocenters. The summed E-state index contributed by atoms with van der Waals surface area (Å²) in [7, 11) is 2.94. The van der Waals surface area contributed by atoms with Crippen LogP contribution in [0.1, 0.15) is 16.7 Å². The van der Waals surface area contributed by atoms with Gasteiger partial charge < -0.3 is 24.3 Å². The van der Waals surface area contributed by atoms with Crippen molar-refractivity contribution >= 4 is 18.0 Å². The second kappa shape index (κ2) is 12.1. The topological polar surface area (TPSA) is 107 Å². The zero-order valence-corrected chi connectivity index (χ0v) is 18.6. The van der Waals surface area contributed by atoms with Crippen LogP contribution in [0.25, 0.3) is 6.08 Å². The van der Waals surface area contributed by atoms with E-state index in [1.54, 1.807) is 12.1 Å². The first-order chi connectivity index (χ1) is 15.4. The summed E-state index contributed by atoms with van der Waals surface area (Å²) in [4.78, 5) is 24.3. The second-order valence-corrected chi connectivity index (χ2v) is 6.91. The Morgan fingerprint density at radius 1 is 1.06 bits per heavy atom. The number of hydrogen-bond donors (Lipinski definition) is 1. The van der Waals surface area contributed by atoms with E-state index >= 15 is 0 Å². The molecule has 2 rings (SSSR count). The van der Waals surface area contributed by atoms with E-state index in [9.17, 15) is 14.9 Å².